The number of anilines is 1. The molecule has 0 spiro atoms. The van der Waals surface area contributed by atoms with Crippen LogP contribution in [0.15, 0.2) is 36.8 Å². The Kier molecular flexibility index (Phi) is 5.94. The quantitative estimate of drug-likeness (QED) is 0.642. The number of piperazine rings is 1. The molecule has 2 aromatic heterocycles. The Balaban J connectivity index is 1.55. The lowest BCUT2D eigenvalue weighted by Gasteiger charge is -2.39. The maximum atomic E-state index is 10.6. The van der Waals surface area contributed by atoms with E-state index in [1.807, 2.05) is 6.07 Å². The molecule has 3 aromatic rings. The molecule has 1 saturated heterocycles. The number of phenolic OH excluding ortho intramolecular Hbond substituents is 1. The molecule has 0 aliphatic carbocycles. The van der Waals surface area contributed by atoms with Gasteiger partial charge in [0.1, 0.15) is 17.8 Å². The van der Waals surface area contributed by atoms with E-state index in [9.17, 15) is 5.11 Å². The zero-order chi connectivity index (χ0) is 22.0. The van der Waals surface area contributed by atoms with Crippen LogP contribution in [0.2, 0.25) is 0 Å². The fraction of sp³-hybridized carbons (Fsp3) is 0.409. The maximum Gasteiger partial charge on any atom is 0.245 e. The minimum absolute atomic E-state index is 0.0783. The molecular formula is C22H27N7O2. The van der Waals surface area contributed by atoms with Crippen molar-refractivity contribution in [3.05, 3.63) is 36.8 Å². The van der Waals surface area contributed by atoms with Crippen LogP contribution >= 0.6 is 0 Å². The second kappa shape index (κ2) is 8.81. The van der Waals surface area contributed by atoms with Crippen LogP contribution in [-0.4, -0.2) is 62.5 Å². The van der Waals surface area contributed by atoms with E-state index in [1.54, 1.807) is 31.5 Å². The van der Waals surface area contributed by atoms with E-state index in [4.69, 9.17) is 4.74 Å². The van der Waals surface area contributed by atoms with Crippen molar-refractivity contribution in [2.24, 2.45) is 5.92 Å². The van der Waals surface area contributed by atoms with Crippen molar-refractivity contribution in [1.82, 2.24) is 30.5 Å². The van der Waals surface area contributed by atoms with Gasteiger partial charge in [-0.05, 0) is 25.0 Å². The van der Waals surface area contributed by atoms with Crippen molar-refractivity contribution in [2.75, 3.05) is 25.1 Å². The largest absolute Gasteiger partial charge is 0.507 e. The Morgan fingerprint density at radius 3 is 2.61 bits per heavy atom. The first kappa shape index (κ1) is 20.9. The summed E-state index contributed by atoms with van der Waals surface area (Å²) in [6.07, 6.45) is 3.08. The topological polar surface area (TPSA) is 109 Å². The van der Waals surface area contributed by atoms with E-state index in [0.717, 1.165) is 18.7 Å². The third-order valence-corrected chi connectivity index (χ3v) is 5.47. The van der Waals surface area contributed by atoms with Crippen LogP contribution in [0.5, 0.6) is 11.6 Å². The van der Waals surface area contributed by atoms with Gasteiger partial charge >= 0.3 is 0 Å². The molecule has 0 amide bonds. The number of aromatic nitrogens is 5. The molecule has 1 aliphatic rings. The lowest BCUT2D eigenvalue weighted by molar-refractivity contribution is 0.319. The van der Waals surface area contributed by atoms with Crippen LogP contribution in [0, 0.1) is 5.92 Å². The number of aromatic hydroxyl groups is 1. The first-order chi connectivity index (χ1) is 14.9. The summed E-state index contributed by atoms with van der Waals surface area (Å²) in [5.41, 5.74) is 2.47. The van der Waals surface area contributed by atoms with Gasteiger partial charge in [0, 0.05) is 42.4 Å². The minimum atomic E-state index is 0.0783. The number of nitrogens with zero attached hydrogens (tertiary/aromatic N) is 6. The Hall–Kier alpha value is -3.33. The van der Waals surface area contributed by atoms with Crippen molar-refractivity contribution in [1.29, 1.82) is 0 Å². The molecule has 1 fully saturated rings. The Morgan fingerprint density at radius 1 is 1.10 bits per heavy atom. The Bertz CT molecular complexity index is 1040. The van der Waals surface area contributed by atoms with Gasteiger partial charge in [0.25, 0.3) is 0 Å². The molecule has 3 heterocycles. The van der Waals surface area contributed by atoms with Crippen molar-refractivity contribution in [3.63, 3.8) is 0 Å². The third kappa shape index (κ3) is 4.56. The monoisotopic (exact) mass is 421 g/mol. The minimum Gasteiger partial charge on any atom is -0.507 e. The molecule has 1 aliphatic heterocycles. The number of nitrogens with one attached hydrogen (secondary N) is 1. The van der Waals surface area contributed by atoms with Gasteiger partial charge in [-0.15, -0.1) is 10.2 Å². The summed E-state index contributed by atoms with van der Waals surface area (Å²) in [5.74, 6) is 1.66. The molecule has 1 aromatic carbocycles. The Morgan fingerprint density at radius 2 is 1.94 bits per heavy atom. The summed E-state index contributed by atoms with van der Waals surface area (Å²) in [4.78, 5) is 14.9. The SMILES string of the molecule is COc1cc(-c2ccc(-c3cnc(N4CC(C(C)C)N[C@@H](C)C4)nn3)c(O)c2)ncn1. The molecule has 0 radical (unpaired) electrons. The second-order valence-electron chi connectivity index (χ2n) is 8.14. The van der Waals surface area contributed by atoms with Gasteiger partial charge in [0.15, 0.2) is 0 Å². The zero-order valence-corrected chi connectivity index (χ0v) is 18.1. The van der Waals surface area contributed by atoms with Gasteiger partial charge in [-0.1, -0.05) is 19.9 Å². The summed E-state index contributed by atoms with van der Waals surface area (Å²) in [6.45, 7) is 8.24. The fourth-order valence-electron chi connectivity index (χ4n) is 3.73. The predicted molar refractivity (Wildman–Crippen MR) is 118 cm³/mol. The van der Waals surface area contributed by atoms with Crippen LogP contribution in [0.25, 0.3) is 22.5 Å². The van der Waals surface area contributed by atoms with Gasteiger partial charge in [-0.3, -0.25) is 0 Å². The highest BCUT2D eigenvalue weighted by molar-refractivity contribution is 5.72. The first-order valence-electron chi connectivity index (χ1n) is 10.3. The van der Waals surface area contributed by atoms with Crippen LogP contribution < -0.4 is 15.0 Å². The van der Waals surface area contributed by atoms with Crippen LogP contribution in [0.3, 0.4) is 0 Å². The van der Waals surface area contributed by atoms with Crippen molar-refractivity contribution < 1.29 is 9.84 Å². The second-order valence-corrected chi connectivity index (χ2v) is 8.14. The van der Waals surface area contributed by atoms with Gasteiger partial charge in [0.05, 0.1) is 19.0 Å². The number of methoxy groups -OCH3 is 1. The summed E-state index contributed by atoms with van der Waals surface area (Å²) >= 11 is 0. The molecule has 0 saturated carbocycles. The van der Waals surface area contributed by atoms with E-state index in [-0.39, 0.29) is 5.75 Å². The van der Waals surface area contributed by atoms with E-state index in [2.05, 4.69) is 56.1 Å². The predicted octanol–water partition coefficient (Wildman–Crippen LogP) is 2.53. The number of hydrogen-bond acceptors (Lipinski definition) is 9. The third-order valence-electron chi connectivity index (χ3n) is 5.47. The molecule has 2 N–H and O–H groups in total. The fourth-order valence-corrected chi connectivity index (χ4v) is 3.73. The standard InChI is InChI=1S/C22H27N7O2/c1-13(2)19-11-29(10-14(3)26-19)22-23-9-18(27-28-22)16-6-5-15(7-20(16)30)17-8-21(31-4)25-12-24-17/h5-9,12-14,19,26,30H,10-11H2,1-4H3/t14-,19?/m0/s1. The molecule has 9 nitrogen and oxygen atoms in total. The van der Waals surface area contributed by atoms with Crippen molar-refractivity contribution in [3.8, 4) is 34.1 Å². The smallest absolute Gasteiger partial charge is 0.245 e. The molecular weight excluding hydrogens is 394 g/mol. The number of rotatable bonds is 5. The molecule has 162 valence electrons. The van der Waals surface area contributed by atoms with Crippen LogP contribution in [0.4, 0.5) is 5.95 Å². The van der Waals surface area contributed by atoms with Gasteiger partial charge in [0.2, 0.25) is 11.8 Å². The highest BCUT2D eigenvalue weighted by Crippen LogP contribution is 2.32. The van der Waals surface area contributed by atoms with Crippen molar-refractivity contribution in [2.45, 2.75) is 32.9 Å². The van der Waals surface area contributed by atoms with E-state index >= 15 is 0 Å². The lowest BCUT2D eigenvalue weighted by atomic mass is 10.00. The highest BCUT2D eigenvalue weighted by atomic mass is 16.5. The van der Waals surface area contributed by atoms with Crippen molar-refractivity contribution >= 4 is 5.95 Å². The average Bonchev–Trinajstić information content (AvgIpc) is 2.78. The molecule has 4 rings (SSSR count). The molecule has 2 atom stereocenters. The number of phenols is 1. The van der Waals surface area contributed by atoms with E-state index < -0.39 is 0 Å². The van der Waals surface area contributed by atoms with E-state index in [0.29, 0.717) is 46.8 Å². The number of ether oxygens (including phenoxy) is 1. The Labute approximate surface area is 181 Å². The molecule has 31 heavy (non-hydrogen) atoms. The zero-order valence-electron chi connectivity index (χ0n) is 18.1. The maximum absolute atomic E-state index is 10.6. The summed E-state index contributed by atoms with van der Waals surface area (Å²) < 4.78 is 5.14. The normalized spacial score (nSPS) is 18.9. The number of hydrogen-bond donors (Lipinski definition) is 2. The van der Waals surface area contributed by atoms with Gasteiger partial charge in [-0.25, -0.2) is 15.0 Å². The van der Waals surface area contributed by atoms with Crippen LogP contribution in [0.1, 0.15) is 20.8 Å². The van der Waals surface area contributed by atoms with Gasteiger partial charge in [-0.2, -0.15) is 0 Å². The lowest BCUT2D eigenvalue weighted by Crippen LogP contribution is -2.57. The summed E-state index contributed by atoms with van der Waals surface area (Å²) in [5, 5.41) is 22.9. The van der Waals surface area contributed by atoms with Crippen LogP contribution in [-0.2, 0) is 0 Å². The molecule has 0 bridgehead atoms. The highest BCUT2D eigenvalue weighted by Gasteiger charge is 2.27. The van der Waals surface area contributed by atoms with Gasteiger partial charge < -0.3 is 20.1 Å². The number of benzene rings is 1. The summed E-state index contributed by atoms with van der Waals surface area (Å²) in [6, 6.07) is 7.72. The average molecular weight is 422 g/mol. The molecule has 1 unspecified atom stereocenters. The first-order valence-corrected chi connectivity index (χ1v) is 10.3. The molecule has 9 heteroatoms. The van der Waals surface area contributed by atoms with E-state index in [1.165, 1.54) is 6.33 Å². The summed E-state index contributed by atoms with van der Waals surface area (Å²) in [7, 11) is 1.55.